The Labute approximate surface area is 201 Å². The highest BCUT2D eigenvalue weighted by Gasteiger charge is 2.36. The van der Waals surface area contributed by atoms with Gasteiger partial charge in [0.1, 0.15) is 10.9 Å². The molecule has 8 heteroatoms. The quantitative estimate of drug-likeness (QED) is 0.512. The number of benzene rings is 2. The number of nitrogens with zero attached hydrogens (tertiary/aromatic N) is 4. The number of halogens is 1. The summed E-state index contributed by atoms with van der Waals surface area (Å²) in [7, 11) is 0. The summed E-state index contributed by atoms with van der Waals surface area (Å²) < 4.78 is 15.4. The molecule has 0 unspecified atom stereocenters. The Balaban J connectivity index is 1.51. The van der Waals surface area contributed by atoms with Crippen molar-refractivity contribution in [3.63, 3.8) is 0 Å². The van der Waals surface area contributed by atoms with Gasteiger partial charge in [-0.2, -0.15) is 15.1 Å². The molecule has 0 fully saturated rings. The lowest BCUT2D eigenvalue weighted by atomic mass is 10.1. The van der Waals surface area contributed by atoms with Gasteiger partial charge in [0.2, 0.25) is 5.17 Å². The molecule has 2 aliphatic rings. The highest BCUT2D eigenvalue weighted by molar-refractivity contribution is 8.27. The van der Waals surface area contributed by atoms with Crippen LogP contribution in [0.25, 0.3) is 11.8 Å². The lowest BCUT2D eigenvalue weighted by Gasteiger charge is -2.20. The molecule has 1 N–H and O–H groups in total. The van der Waals surface area contributed by atoms with Gasteiger partial charge in [-0.3, -0.25) is 10.2 Å². The van der Waals surface area contributed by atoms with Crippen molar-refractivity contribution < 1.29 is 9.18 Å². The molecule has 2 aromatic carbocycles. The Morgan fingerprint density at radius 1 is 1.00 bits per heavy atom. The van der Waals surface area contributed by atoms with Crippen LogP contribution < -0.4 is 0 Å². The van der Waals surface area contributed by atoms with Crippen LogP contribution in [0.2, 0.25) is 0 Å². The van der Waals surface area contributed by atoms with Gasteiger partial charge in [0.25, 0.3) is 5.91 Å². The molecule has 3 heterocycles. The van der Waals surface area contributed by atoms with Crippen LogP contribution in [0.5, 0.6) is 0 Å². The van der Waals surface area contributed by atoms with Crippen molar-refractivity contribution in [3.05, 3.63) is 93.6 Å². The van der Waals surface area contributed by atoms with Crippen LogP contribution in [0.3, 0.4) is 0 Å². The third-order valence-electron chi connectivity index (χ3n) is 5.78. The van der Waals surface area contributed by atoms with E-state index in [1.54, 1.807) is 18.2 Å². The van der Waals surface area contributed by atoms with Gasteiger partial charge in [-0.05, 0) is 105 Å². The predicted molar refractivity (Wildman–Crippen MR) is 135 cm³/mol. The van der Waals surface area contributed by atoms with Crippen molar-refractivity contribution >= 4 is 39.8 Å². The first-order valence-electron chi connectivity index (χ1n) is 10.7. The third-order valence-corrected chi connectivity index (χ3v) is 6.74. The highest BCUT2D eigenvalue weighted by Crippen LogP contribution is 2.32. The number of carbonyl (C=O) groups excluding carboxylic acids is 1. The largest absolute Gasteiger partial charge is 0.318 e. The van der Waals surface area contributed by atoms with Gasteiger partial charge in [0.15, 0.2) is 5.84 Å². The fourth-order valence-corrected chi connectivity index (χ4v) is 5.16. The smallest absolute Gasteiger partial charge is 0.283 e. The minimum atomic E-state index is -0.476. The van der Waals surface area contributed by atoms with E-state index >= 15 is 0 Å². The number of hydrogen-bond acceptors (Lipinski definition) is 4. The van der Waals surface area contributed by atoms with Crippen LogP contribution in [-0.2, 0) is 4.79 Å². The van der Waals surface area contributed by atoms with E-state index in [1.807, 2.05) is 19.9 Å². The normalized spacial score (nSPS) is 16.7. The monoisotopic (exact) mass is 471 g/mol. The maximum atomic E-state index is 13.3. The number of carbonyl (C=O) groups is 1. The summed E-state index contributed by atoms with van der Waals surface area (Å²) >= 11 is 1.19. The molecule has 34 heavy (non-hydrogen) atoms. The van der Waals surface area contributed by atoms with E-state index in [4.69, 9.17) is 5.41 Å². The van der Waals surface area contributed by atoms with Crippen LogP contribution >= 0.6 is 11.8 Å². The molecule has 0 atom stereocenters. The Morgan fingerprint density at radius 2 is 1.68 bits per heavy atom. The van der Waals surface area contributed by atoms with Gasteiger partial charge >= 0.3 is 0 Å². The van der Waals surface area contributed by atoms with E-state index in [0.29, 0.717) is 15.8 Å². The van der Waals surface area contributed by atoms with Crippen LogP contribution in [-0.4, -0.2) is 31.5 Å². The second-order valence-electron chi connectivity index (χ2n) is 8.44. The van der Waals surface area contributed by atoms with Crippen molar-refractivity contribution in [2.45, 2.75) is 27.7 Å². The van der Waals surface area contributed by atoms with Crippen molar-refractivity contribution in [1.29, 1.82) is 5.41 Å². The fraction of sp³-hybridized carbons (Fsp3) is 0.154. The van der Waals surface area contributed by atoms with Crippen molar-refractivity contribution in [1.82, 2.24) is 9.58 Å². The molecule has 1 aromatic heterocycles. The van der Waals surface area contributed by atoms with Crippen molar-refractivity contribution in [2.24, 2.45) is 10.1 Å². The van der Waals surface area contributed by atoms with Crippen LogP contribution in [0.15, 0.2) is 64.2 Å². The molecule has 0 radical (unpaired) electrons. The number of amides is 1. The summed E-state index contributed by atoms with van der Waals surface area (Å²) in [6.45, 7) is 8.16. The number of thioether (sulfide) groups is 1. The summed E-state index contributed by atoms with van der Waals surface area (Å²) in [5.74, 6) is -0.847. The highest BCUT2D eigenvalue weighted by atomic mass is 32.2. The zero-order valence-electron chi connectivity index (χ0n) is 19.2. The molecule has 2 aliphatic heterocycles. The fourth-order valence-electron chi connectivity index (χ4n) is 4.27. The number of amidine groups is 2. The van der Waals surface area contributed by atoms with Gasteiger partial charge < -0.3 is 4.57 Å². The molecule has 1 amide bonds. The van der Waals surface area contributed by atoms with E-state index in [0.717, 1.165) is 22.6 Å². The lowest BCUT2D eigenvalue weighted by molar-refractivity contribution is -0.114. The van der Waals surface area contributed by atoms with E-state index in [-0.39, 0.29) is 17.2 Å². The summed E-state index contributed by atoms with van der Waals surface area (Å²) in [6.07, 6.45) is 1.71. The molecular weight excluding hydrogens is 449 g/mol. The molecule has 0 bridgehead atoms. The molecule has 0 saturated carbocycles. The Morgan fingerprint density at radius 3 is 2.35 bits per heavy atom. The van der Waals surface area contributed by atoms with E-state index in [9.17, 15) is 9.18 Å². The summed E-state index contributed by atoms with van der Waals surface area (Å²) in [5.41, 5.74) is 7.13. The second-order valence-corrected chi connectivity index (χ2v) is 9.40. The standard InChI is InChI=1S/C26H22FN5OS/c1-14-9-15(2)11-21(10-14)31-16(3)12-19(17(31)4)13-22-23(28)32-26(29-24(22)33)34-25(30-32)18-5-7-20(27)8-6-18/h5-13,28H,1-4H3. The first-order chi connectivity index (χ1) is 16.2. The molecule has 0 aliphatic carbocycles. The number of hydrazone groups is 1. The first kappa shape index (κ1) is 22.0. The van der Waals surface area contributed by atoms with Gasteiger partial charge in [0, 0.05) is 22.6 Å². The number of hydrogen-bond donors (Lipinski definition) is 1. The molecule has 0 saturated heterocycles. The van der Waals surface area contributed by atoms with Crippen LogP contribution in [0.1, 0.15) is 33.6 Å². The number of nitrogens with one attached hydrogen (secondary N) is 1. The average molecular weight is 472 g/mol. The zero-order valence-corrected chi connectivity index (χ0v) is 20.0. The topological polar surface area (TPSA) is 73.8 Å². The van der Waals surface area contributed by atoms with E-state index < -0.39 is 5.91 Å². The van der Waals surface area contributed by atoms with Gasteiger partial charge in [-0.1, -0.05) is 6.07 Å². The number of aryl methyl sites for hydroxylation is 3. The minimum Gasteiger partial charge on any atom is -0.318 e. The predicted octanol–water partition coefficient (Wildman–Crippen LogP) is 5.52. The summed E-state index contributed by atoms with van der Waals surface area (Å²) in [6, 6.07) is 14.3. The van der Waals surface area contributed by atoms with Gasteiger partial charge in [-0.15, -0.1) is 0 Å². The Hall–Kier alpha value is -3.78. The number of rotatable bonds is 3. The van der Waals surface area contributed by atoms with E-state index in [1.165, 1.54) is 40.0 Å². The number of aromatic nitrogens is 1. The molecule has 0 spiro atoms. The Bertz CT molecular complexity index is 1440. The van der Waals surface area contributed by atoms with Crippen molar-refractivity contribution in [3.8, 4) is 5.69 Å². The second kappa shape index (κ2) is 8.22. The molecule has 5 rings (SSSR count). The Kier molecular flexibility index (Phi) is 5.32. The van der Waals surface area contributed by atoms with Crippen molar-refractivity contribution in [2.75, 3.05) is 0 Å². The number of fused-ring (bicyclic) bond motifs is 1. The summed E-state index contributed by atoms with van der Waals surface area (Å²) in [5, 5.41) is 15.4. The minimum absolute atomic E-state index is 0.0317. The van der Waals surface area contributed by atoms with E-state index in [2.05, 4.69) is 46.7 Å². The van der Waals surface area contributed by atoms with Gasteiger partial charge in [0.05, 0.1) is 5.57 Å². The van der Waals surface area contributed by atoms with Crippen LogP contribution in [0.4, 0.5) is 4.39 Å². The number of aliphatic imine (C=N–C) groups is 1. The third kappa shape index (κ3) is 3.80. The van der Waals surface area contributed by atoms with Crippen LogP contribution in [0, 0.1) is 38.9 Å². The van der Waals surface area contributed by atoms with Gasteiger partial charge in [-0.25, -0.2) is 4.39 Å². The molecule has 170 valence electrons. The maximum Gasteiger partial charge on any atom is 0.283 e. The SMILES string of the molecule is Cc1cc(C)cc(-n2c(C)cc(C=C3C(=N)N4N=C(c5ccc(F)cc5)SC4=NC3=O)c2C)c1. The first-order valence-corrected chi connectivity index (χ1v) is 11.6. The lowest BCUT2D eigenvalue weighted by Crippen LogP contribution is -2.35. The zero-order chi connectivity index (χ0) is 24.1. The molecular formula is C26H22FN5OS. The summed E-state index contributed by atoms with van der Waals surface area (Å²) in [4.78, 5) is 17.0. The molecule has 6 nitrogen and oxygen atoms in total. The maximum absolute atomic E-state index is 13.3. The molecule has 3 aromatic rings. The average Bonchev–Trinajstić information content (AvgIpc) is 3.31.